The average molecular weight is 257 g/mol. The van der Waals surface area contributed by atoms with Crippen LogP contribution in [-0.2, 0) is 9.53 Å². The number of carbonyl (C=O) groups excluding carboxylic acids is 1. The average Bonchev–Trinajstić information content (AvgIpc) is 2.86. The molecule has 0 aromatic heterocycles. The molecule has 1 aliphatic rings. The minimum absolute atomic E-state index is 0.0374. The van der Waals surface area contributed by atoms with Crippen molar-refractivity contribution < 1.29 is 14.7 Å². The highest BCUT2D eigenvalue weighted by Gasteiger charge is 2.34. The van der Waals surface area contributed by atoms with Gasteiger partial charge in [0.05, 0.1) is 12.0 Å². The van der Waals surface area contributed by atoms with Gasteiger partial charge in [-0.3, -0.25) is 4.79 Å². The maximum Gasteiger partial charge on any atom is 0.228 e. The standard InChI is InChI=1S/C12H23N3O3/c1-3-10-9(6-8-18-10)12(16)15(4-2)7-5-11(13)14-17/h9-10,17H,3-8H2,1-2H3,(H2,13,14). The van der Waals surface area contributed by atoms with Crippen LogP contribution in [0.15, 0.2) is 5.16 Å². The van der Waals surface area contributed by atoms with E-state index in [2.05, 4.69) is 5.16 Å². The van der Waals surface area contributed by atoms with Crippen LogP contribution in [-0.4, -0.2) is 47.7 Å². The van der Waals surface area contributed by atoms with Gasteiger partial charge in [0, 0.05) is 26.1 Å². The summed E-state index contributed by atoms with van der Waals surface area (Å²) in [6.07, 6.45) is 2.07. The highest BCUT2D eigenvalue weighted by molar-refractivity contribution is 5.82. The lowest BCUT2D eigenvalue weighted by Gasteiger charge is -2.26. The number of hydrogen-bond acceptors (Lipinski definition) is 4. The number of nitrogens with zero attached hydrogens (tertiary/aromatic N) is 2. The van der Waals surface area contributed by atoms with Crippen molar-refractivity contribution in [2.45, 2.75) is 39.2 Å². The lowest BCUT2D eigenvalue weighted by atomic mass is 9.98. The highest BCUT2D eigenvalue weighted by Crippen LogP contribution is 2.25. The molecule has 18 heavy (non-hydrogen) atoms. The fourth-order valence-corrected chi connectivity index (χ4v) is 2.29. The molecule has 2 atom stereocenters. The van der Waals surface area contributed by atoms with Crippen molar-refractivity contribution in [3.63, 3.8) is 0 Å². The van der Waals surface area contributed by atoms with E-state index in [4.69, 9.17) is 15.7 Å². The number of ether oxygens (including phenoxy) is 1. The maximum absolute atomic E-state index is 12.3. The molecule has 0 aliphatic carbocycles. The van der Waals surface area contributed by atoms with E-state index in [1.165, 1.54) is 0 Å². The second-order valence-electron chi connectivity index (χ2n) is 4.47. The molecular weight excluding hydrogens is 234 g/mol. The minimum atomic E-state index is -0.0396. The lowest BCUT2D eigenvalue weighted by molar-refractivity contribution is -0.137. The molecule has 1 heterocycles. The Morgan fingerprint density at radius 1 is 1.56 bits per heavy atom. The third kappa shape index (κ3) is 3.60. The van der Waals surface area contributed by atoms with Gasteiger partial charge in [-0.15, -0.1) is 0 Å². The first kappa shape index (κ1) is 14.8. The Balaban J connectivity index is 2.56. The van der Waals surface area contributed by atoms with Gasteiger partial charge in [-0.2, -0.15) is 0 Å². The molecule has 104 valence electrons. The van der Waals surface area contributed by atoms with Gasteiger partial charge in [-0.1, -0.05) is 12.1 Å². The van der Waals surface area contributed by atoms with Crippen molar-refractivity contribution >= 4 is 11.7 Å². The normalized spacial score (nSPS) is 24.2. The molecule has 1 saturated heterocycles. The van der Waals surface area contributed by atoms with Crippen molar-refractivity contribution in [1.29, 1.82) is 0 Å². The van der Waals surface area contributed by atoms with Crippen molar-refractivity contribution in [3.05, 3.63) is 0 Å². The molecule has 0 radical (unpaired) electrons. The van der Waals surface area contributed by atoms with E-state index < -0.39 is 0 Å². The Bertz CT molecular complexity index is 307. The van der Waals surface area contributed by atoms with Crippen LogP contribution in [0.1, 0.15) is 33.1 Å². The van der Waals surface area contributed by atoms with Crippen LogP contribution in [0.4, 0.5) is 0 Å². The van der Waals surface area contributed by atoms with E-state index in [0.717, 1.165) is 12.8 Å². The fraction of sp³-hybridized carbons (Fsp3) is 0.833. The molecule has 6 nitrogen and oxygen atoms in total. The van der Waals surface area contributed by atoms with Crippen LogP contribution in [0.25, 0.3) is 0 Å². The second kappa shape index (κ2) is 7.20. The predicted molar refractivity (Wildman–Crippen MR) is 68.4 cm³/mol. The summed E-state index contributed by atoms with van der Waals surface area (Å²) in [5, 5.41) is 11.4. The van der Waals surface area contributed by atoms with Crippen molar-refractivity contribution in [2.75, 3.05) is 19.7 Å². The monoisotopic (exact) mass is 257 g/mol. The van der Waals surface area contributed by atoms with Crippen molar-refractivity contribution in [1.82, 2.24) is 4.90 Å². The molecule has 6 heteroatoms. The first-order chi connectivity index (χ1) is 8.63. The highest BCUT2D eigenvalue weighted by atomic mass is 16.5. The lowest BCUT2D eigenvalue weighted by Crippen LogP contribution is -2.40. The zero-order valence-electron chi connectivity index (χ0n) is 11.1. The topological polar surface area (TPSA) is 88.2 Å². The molecule has 0 aromatic carbocycles. The quantitative estimate of drug-likeness (QED) is 0.318. The van der Waals surface area contributed by atoms with Crippen LogP contribution in [0.2, 0.25) is 0 Å². The summed E-state index contributed by atoms with van der Waals surface area (Å²) in [4.78, 5) is 14.1. The zero-order chi connectivity index (χ0) is 13.5. The smallest absolute Gasteiger partial charge is 0.228 e. The predicted octanol–water partition coefficient (Wildman–Crippen LogP) is 0.787. The molecule has 1 rings (SSSR count). The maximum atomic E-state index is 12.3. The molecule has 0 saturated carbocycles. The van der Waals surface area contributed by atoms with E-state index in [0.29, 0.717) is 26.1 Å². The second-order valence-corrected chi connectivity index (χ2v) is 4.47. The molecule has 3 N–H and O–H groups in total. The van der Waals surface area contributed by atoms with Crippen LogP contribution < -0.4 is 5.73 Å². The van der Waals surface area contributed by atoms with Crippen LogP contribution in [0, 0.1) is 5.92 Å². The summed E-state index contributed by atoms with van der Waals surface area (Å²) in [5.41, 5.74) is 5.42. The van der Waals surface area contributed by atoms with Gasteiger partial charge in [-0.05, 0) is 19.8 Å². The molecule has 1 aliphatic heterocycles. The molecule has 2 unspecified atom stereocenters. The van der Waals surface area contributed by atoms with Gasteiger partial charge in [0.15, 0.2) is 0 Å². The molecular formula is C12H23N3O3. The van der Waals surface area contributed by atoms with Gasteiger partial charge in [0.25, 0.3) is 0 Å². The molecule has 1 amide bonds. The van der Waals surface area contributed by atoms with E-state index in [9.17, 15) is 4.79 Å². The zero-order valence-corrected chi connectivity index (χ0v) is 11.1. The summed E-state index contributed by atoms with van der Waals surface area (Å²) in [7, 11) is 0. The Labute approximate surface area is 108 Å². The van der Waals surface area contributed by atoms with Gasteiger partial charge in [0.1, 0.15) is 5.84 Å². The Hall–Kier alpha value is -1.30. The van der Waals surface area contributed by atoms with Gasteiger partial charge in [0.2, 0.25) is 5.91 Å². The van der Waals surface area contributed by atoms with Crippen LogP contribution in [0.3, 0.4) is 0 Å². The number of oxime groups is 1. The summed E-state index contributed by atoms with van der Waals surface area (Å²) in [6.45, 7) is 5.74. The van der Waals surface area contributed by atoms with Crippen molar-refractivity contribution in [3.8, 4) is 0 Å². The fourth-order valence-electron chi connectivity index (χ4n) is 2.29. The Morgan fingerprint density at radius 2 is 2.28 bits per heavy atom. The summed E-state index contributed by atoms with van der Waals surface area (Å²) < 4.78 is 5.54. The van der Waals surface area contributed by atoms with E-state index in [-0.39, 0.29) is 23.8 Å². The van der Waals surface area contributed by atoms with E-state index >= 15 is 0 Å². The van der Waals surface area contributed by atoms with E-state index in [1.54, 1.807) is 4.90 Å². The molecule has 0 bridgehead atoms. The van der Waals surface area contributed by atoms with Gasteiger partial charge < -0.3 is 20.6 Å². The van der Waals surface area contributed by atoms with Gasteiger partial charge >= 0.3 is 0 Å². The largest absolute Gasteiger partial charge is 0.409 e. The van der Waals surface area contributed by atoms with Crippen LogP contribution in [0.5, 0.6) is 0 Å². The minimum Gasteiger partial charge on any atom is -0.409 e. The number of nitrogens with two attached hydrogens (primary N) is 1. The SMILES string of the molecule is CCC1OCCC1C(=O)N(CC)CCC(N)=NO. The first-order valence-electron chi connectivity index (χ1n) is 6.50. The van der Waals surface area contributed by atoms with Crippen molar-refractivity contribution in [2.24, 2.45) is 16.8 Å². The number of carbonyl (C=O) groups is 1. The first-order valence-corrected chi connectivity index (χ1v) is 6.50. The molecule has 0 spiro atoms. The number of amidine groups is 1. The van der Waals surface area contributed by atoms with E-state index in [1.807, 2.05) is 13.8 Å². The Morgan fingerprint density at radius 3 is 2.83 bits per heavy atom. The Kier molecular flexibility index (Phi) is 5.91. The third-order valence-electron chi connectivity index (χ3n) is 3.39. The number of amides is 1. The summed E-state index contributed by atoms with van der Waals surface area (Å²) in [6, 6.07) is 0. The number of hydrogen-bond donors (Lipinski definition) is 2. The summed E-state index contributed by atoms with van der Waals surface area (Å²) >= 11 is 0. The molecule has 0 aromatic rings. The number of rotatable bonds is 6. The summed E-state index contributed by atoms with van der Waals surface area (Å²) in [5.74, 6) is 0.228. The third-order valence-corrected chi connectivity index (χ3v) is 3.39. The van der Waals surface area contributed by atoms with Crippen LogP contribution >= 0.6 is 0 Å². The molecule has 1 fully saturated rings. The van der Waals surface area contributed by atoms with Gasteiger partial charge in [-0.25, -0.2) is 0 Å².